The van der Waals surface area contributed by atoms with Crippen molar-refractivity contribution in [2.75, 3.05) is 5.32 Å². The number of nitrogens with zero attached hydrogens (tertiary/aromatic N) is 3. The van der Waals surface area contributed by atoms with E-state index in [0.29, 0.717) is 5.13 Å². The monoisotopic (exact) mass is 250 g/mol. The number of anilines is 1. The molecule has 2 aromatic rings. The summed E-state index contributed by atoms with van der Waals surface area (Å²) in [6, 6.07) is 1.45. The van der Waals surface area contributed by atoms with E-state index in [1.54, 1.807) is 30.1 Å². The normalized spacial score (nSPS) is 12.4. The molecular formula is C11H14N4OS. The van der Waals surface area contributed by atoms with Gasteiger partial charge in [-0.25, -0.2) is 4.98 Å². The Morgan fingerprint density at radius 1 is 1.53 bits per heavy atom. The third-order valence-electron chi connectivity index (χ3n) is 2.56. The third-order valence-corrected chi connectivity index (χ3v) is 3.55. The maximum absolute atomic E-state index is 11.9. The van der Waals surface area contributed by atoms with Crippen LogP contribution in [0.25, 0.3) is 0 Å². The van der Waals surface area contributed by atoms with Crippen LogP contribution in [0.5, 0.6) is 0 Å². The van der Waals surface area contributed by atoms with Crippen LogP contribution in [0.15, 0.2) is 18.5 Å². The van der Waals surface area contributed by atoms with E-state index >= 15 is 0 Å². The lowest BCUT2D eigenvalue weighted by Crippen LogP contribution is -2.23. The second-order valence-electron chi connectivity index (χ2n) is 3.81. The van der Waals surface area contributed by atoms with Gasteiger partial charge in [0.15, 0.2) is 5.13 Å². The van der Waals surface area contributed by atoms with Gasteiger partial charge in [-0.2, -0.15) is 5.10 Å². The van der Waals surface area contributed by atoms with Crippen molar-refractivity contribution in [1.29, 1.82) is 0 Å². The smallest absolute Gasteiger partial charge is 0.250 e. The molecule has 1 amide bonds. The fourth-order valence-electron chi connectivity index (χ4n) is 1.37. The zero-order valence-corrected chi connectivity index (χ0v) is 10.8. The number of aromatic nitrogens is 3. The number of nitrogens with one attached hydrogen (secondary N) is 1. The van der Waals surface area contributed by atoms with Crippen LogP contribution >= 0.6 is 11.3 Å². The zero-order chi connectivity index (χ0) is 12.4. The molecule has 0 fully saturated rings. The maximum Gasteiger partial charge on any atom is 0.250 e. The van der Waals surface area contributed by atoms with Crippen molar-refractivity contribution in [2.24, 2.45) is 0 Å². The average Bonchev–Trinajstić information content (AvgIpc) is 2.89. The molecule has 90 valence electrons. The third kappa shape index (κ3) is 2.52. The lowest BCUT2D eigenvalue weighted by Gasteiger charge is -2.10. The van der Waals surface area contributed by atoms with Crippen molar-refractivity contribution in [3.8, 4) is 0 Å². The summed E-state index contributed by atoms with van der Waals surface area (Å²) in [7, 11) is 0. The van der Waals surface area contributed by atoms with Crippen LogP contribution in [0.2, 0.25) is 0 Å². The van der Waals surface area contributed by atoms with Crippen LogP contribution in [-0.4, -0.2) is 20.7 Å². The Bertz CT molecular complexity index is 498. The van der Waals surface area contributed by atoms with Crippen LogP contribution in [0.1, 0.15) is 23.5 Å². The Morgan fingerprint density at radius 3 is 2.82 bits per heavy atom. The van der Waals surface area contributed by atoms with E-state index in [0.717, 1.165) is 10.6 Å². The minimum Gasteiger partial charge on any atom is -0.300 e. The molecule has 0 spiro atoms. The highest BCUT2D eigenvalue weighted by atomic mass is 32.1. The predicted octanol–water partition coefficient (Wildman–Crippen LogP) is 2.16. The standard InChI is InChI=1S/C11H14N4OS/c1-7-9(3)17-11(13-7)14-10(16)8(2)15-6-4-5-12-15/h4-6,8H,1-3H3,(H,13,14,16)/t8-/m0/s1. The minimum absolute atomic E-state index is 0.109. The topological polar surface area (TPSA) is 59.8 Å². The van der Waals surface area contributed by atoms with Gasteiger partial charge in [0.25, 0.3) is 5.91 Å². The molecule has 0 aliphatic rings. The summed E-state index contributed by atoms with van der Waals surface area (Å²) in [5.74, 6) is -0.109. The highest BCUT2D eigenvalue weighted by Gasteiger charge is 2.16. The first-order chi connectivity index (χ1) is 8.08. The van der Waals surface area contributed by atoms with Crippen LogP contribution < -0.4 is 5.32 Å². The van der Waals surface area contributed by atoms with Crippen molar-refractivity contribution in [2.45, 2.75) is 26.8 Å². The summed E-state index contributed by atoms with van der Waals surface area (Å²) in [6.07, 6.45) is 3.42. The van der Waals surface area contributed by atoms with Gasteiger partial charge in [-0.3, -0.25) is 9.48 Å². The highest BCUT2D eigenvalue weighted by molar-refractivity contribution is 7.15. The molecule has 17 heavy (non-hydrogen) atoms. The molecule has 0 unspecified atom stereocenters. The number of carbonyl (C=O) groups is 1. The van der Waals surface area contributed by atoms with Crippen LogP contribution in [-0.2, 0) is 4.79 Å². The van der Waals surface area contributed by atoms with Gasteiger partial charge in [0.05, 0.1) is 5.69 Å². The lowest BCUT2D eigenvalue weighted by molar-refractivity contribution is -0.119. The summed E-state index contributed by atoms with van der Waals surface area (Å²) in [4.78, 5) is 17.3. The molecule has 2 rings (SSSR count). The van der Waals surface area contributed by atoms with Crippen molar-refractivity contribution in [1.82, 2.24) is 14.8 Å². The summed E-state index contributed by atoms with van der Waals surface area (Å²) >= 11 is 1.48. The first kappa shape index (κ1) is 11.8. The van der Waals surface area contributed by atoms with E-state index in [-0.39, 0.29) is 11.9 Å². The van der Waals surface area contributed by atoms with Gasteiger partial charge in [-0.15, -0.1) is 11.3 Å². The average molecular weight is 250 g/mol. The summed E-state index contributed by atoms with van der Waals surface area (Å²) < 4.78 is 1.61. The van der Waals surface area contributed by atoms with E-state index in [4.69, 9.17) is 0 Å². The second-order valence-corrected chi connectivity index (χ2v) is 5.02. The summed E-state index contributed by atoms with van der Waals surface area (Å²) in [5.41, 5.74) is 0.956. The van der Waals surface area contributed by atoms with E-state index in [9.17, 15) is 4.79 Å². The summed E-state index contributed by atoms with van der Waals surface area (Å²) in [6.45, 7) is 5.72. The number of rotatable bonds is 3. The molecule has 1 N–H and O–H groups in total. The highest BCUT2D eigenvalue weighted by Crippen LogP contribution is 2.21. The van der Waals surface area contributed by atoms with Gasteiger partial charge < -0.3 is 5.32 Å². The molecule has 0 saturated carbocycles. The van der Waals surface area contributed by atoms with Crippen molar-refractivity contribution in [3.63, 3.8) is 0 Å². The fourth-order valence-corrected chi connectivity index (χ4v) is 2.18. The summed E-state index contributed by atoms with van der Waals surface area (Å²) in [5, 5.41) is 7.48. The van der Waals surface area contributed by atoms with E-state index in [1.165, 1.54) is 11.3 Å². The molecule has 6 heteroatoms. The Kier molecular flexibility index (Phi) is 3.23. The van der Waals surface area contributed by atoms with Crippen molar-refractivity contribution < 1.29 is 4.79 Å². The SMILES string of the molecule is Cc1nc(NC(=O)[C@H](C)n2cccn2)sc1C. The van der Waals surface area contributed by atoms with Gasteiger partial charge in [-0.1, -0.05) is 0 Å². The number of thiazole rings is 1. The fraction of sp³-hybridized carbons (Fsp3) is 0.364. The maximum atomic E-state index is 11.9. The number of hydrogen-bond acceptors (Lipinski definition) is 4. The van der Waals surface area contributed by atoms with Gasteiger partial charge in [0.2, 0.25) is 0 Å². The van der Waals surface area contributed by atoms with Crippen molar-refractivity contribution in [3.05, 3.63) is 29.0 Å². The molecule has 2 aromatic heterocycles. The Hall–Kier alpha value is -1.69. The van der Waals surface area contributed by atoms with Crippen LogP contribution in [0.4, 0.5) is 5.13 Å². The van der Waals surface area contributed by atoms with Gasteiger partial charge >= 0.3 is 0 Å². The molecule has 0 aromatic carbocycles. The molecule has 1 atom stereocenters. The van der Waals surface area contributed by atoms with Crippen LogP contribution in [0.3, 0.4) is 0 Å². The molecule has 5 nitrogen and oxygen atoms in total. The molecule has 0 aliphatic heterocycles. The Morgan fingerprint density at radius 2 is 2.29 bits per heavy atom. The second kappa shape index (κ2) is 4.67. The molecule has 2 heterocycles. The molecular weight excluding hydrogens is 236 g/mol. The van der Waals surface area contributed by atoms with E-state index in [1.807, 2.05) is 13.8 Å². The molecule has 0 saturated heterocycles. The lowest BCUT2D eigenvalue weighted by atomic mass is 10.3. The van der Waals surface area contributed by atoms with Crippen molar-refractivity contribution >= 4 is 22.4 Å². The number of amides is 1. The predicted molar refractivity (Wildman–Crippen MR) is 67.2 cm³/mol. The molecule has 0 bridgehead atoms. The Labute approximate surface area is 103 Å². The number of carbonyl (C=O) groups excluding carboxylic acids is 1. The van der Waals surface area contributed by atoms with E-state index in [2.05, 4.69) is 15.4 Å². The van der Waals surface area contributed by atoms with Gasteiger partial charge in [0.1, 0.15) is 6.04 Å². The zero-order valence-electron chi connectivity index (χ0n) is 9.97. The number of hydrogen-bond donors (Lipinski definition) is 1. The van der Waals surface area contributed by atoms with Gasteiger partial charge in [-0.05, 0) is 26.8 Å². The van der Waals surface area contributed by atoms with Crippen LogP contribution in [0, 0.1) is 13.8 Å². The molecule has 0 aliphatic carbocycles. The Balaban J connectivity index is 2.07. The quantitative estimate of drug-likeness (QED) is 0.908. The van der Waals surface area contributed by atoms with E-state index < -0.39 is 0 Å². The first-order valence-electron chi connectivity index (χ1n) is 5.32. The first-order valence-corrected chi connectivity index (χ1v) is 6.13. The largest absolute Gasteiger partial charge is 0.300 e. The molecule has 0 radical (unpaired) electrons. The minimum atomic E-state index is -0.338. The van der Waals surface area contributed by atoms with Gasteiger partial charge in [0, 0.05) is 17.3 Å². The number of aryl methyl sites for hydroxylation is 2.